The van der Waals surface area contributed by atoms with Crippen molar-refractivity contribution in [1.29, 1.82) is 0 Å². The quantitative estimate of drug-likeness (QED) is 0.822. The van der Waals surface area contributed by atoms with E-state index in [1.165, 1.54) is 6.07 Å². The fraction of sp³-hybridized carbons (Fsp3) is 0.316. The van der Waals surface area contributed by atoms with Crippen LogP contribution in [0.1, 0.15) is 6.42 Å². The van der Waals surface area contributed by atoms with Crippen molar-refractivity contribution < 1.29 is 9.18 Å². The lowest BCUT2D eigenvalue weighted by Gasteiger charge is -2.36. The molecule has 0 unspecified atom stereocenters. The number of carbonyl (C=O) groups is 1. The van der Waals surface area contributed by atoms with Crippen molar-refractivity contribution in [2.45, 2.75) is 6.42 Å². The average Bonchev–Trinajstić information content (AvgIpc) is 2.63. The lowest BCUT2D eigenvalue weighted by molar-refractivity contribution is -0.116. The fourth-order valence-electron chi connectivity index (χ4n) is 2.94. The van der Waals surface area contributed by atoms with Crippen LogP contribution >= 0.6 is 15.9 Å². The Morgan fingerprint density at radius 2 is 1.72 bits per heavy atom. The second-order valence-corrected chi connectivity index (χ2v) is 7.00. The first-order valence-corrected chi connectivity index (χ1v) is 9.18. The van der Waals surface area contributed by atoms with Gasteiger partial charge in [-0.2, -0.15) is 0 Å². The number of piperazine rings is 1. The van der Waals surface area contributed by atoms with Crippen molar-refractivity contribution in [1.82, 2.24) is 4.90 Å². The molecule has 0 spiro atoms. The Balaban J connectivity index is 1.42. The molecule has 1 amide bonds. The van der Waals surface area contributed by atoms with Gasteiger partial charge in [0.2, 0.25) is 5.91 Å². The number of carbonyl (C=O) groups excluding carboxylic acids is 1. The highest BCUT2D eigenvalue weighted by atomic mass is 79.9. The Hall–Kier alpha value is -1.92. The lowest BCUT2D eigenvalue weighted by atomic mass is 10.2. The number of hydrogen-bond donors (Lipinski definition) is 1. The van der Waals surface area contributed by atoms with Gasteiger partial charge in [-0.15, -0.1) is 0 Å². The zero-order valence-electron chi connectivity index (χ0n) is 13.9. The first-order valence-electron chi connectivity index (χ1n) is 8.39. The number of benzene rings is 2. The number of halogens is 2. The molecule has 3 rings (SSSR count). The minimum Gasteiger partial charge on any atom is -0.367 e. The van der Waals surface area contributed by atoms with Crippen molar-refractivity contribution in [2.24, 2.45) is 0 Å². The smallest absolute Gasteiger partial charge is 0.225 e. The van der Waals surface area contributed by atoms with Crippen molar-refractivity contribution in [3.8, 4) is 0 Å². The molecule has 0 aromatic heterocycles. The van der Waals surface area contributed by atoms with Crippen LogP contribution in [0.2, 0.25) is 0 Å². The van der Waals surface area contributed by atoms with Crippen LogP contribution in [-0.4, -0.2) is 43.5 Å². The number of para-hydroxylation sites is 1. The standard InChI is InChI=1S/C19H21BrFN3O/c20-15-5-7-16(8-6-15)22-19(25)9-10-23-11-13-24(14-12-23)18-4-2-1-3-17(18)21/h1-8H,9-14H2,(H,22,25). The van der Waals surface area contributed by atoms with E-state index >= 15 is 0 Å². The second kappa shape index (κ2) is 8.45. The highest BCUT2D eigenvalue weighted by Crippen LogP contribution is 2.20. The summed E-state index contributed by atoms with van der Waals surface area (Å²) in [5.41, 5.74) is 1.47. The van der Waals surface area contributed by atoms with Crippen LogP contribution in [-0.2, 0) is 4.79 Å². The van der Waals surface area contributed by atoms with Crippen LogP contribution in [0.15, 0.2) is 53.0 Å². The largest absolute Gasteiger partial charge is 0.367 e. The molecule has 25 heavy (non-hydrogen) atoms. The van der Waals surface area contributed by atoms with Crippen molar-refractivity contribution in [2.75, 3.05) is 42.9 Å². The Bertz CT molecular complexity index is 715. The number of nitrogens with one attached hydrogen (secondary N) is 1. The number of rotatable bonds is 5. The maximum Gasteiger partial charge on any atom is 0.225 e. The van der Waals surface area contributed by atoms with Crippen molar-refractivity contribution in [3.05, 3.63) is 58.8 Å². The third-order valence-corrected chi connectivity index (χ3v) is 4.88. The molecule has 0 bridgehead atoms. The fourth-order valence-corrected chi connectivity index (χ4v) is 3.20. The van der Waals surface area contributed by atoms with Gasteiger partial charge in [-0.25, -0.2) is 4.39 Å². The molecule has 132 valence electrons. The molecule has 1 aliphatic rings. The maximum absolute atomic E-state index is 13.8. The average molecular weight is 406 g/mol. The molecule has 0 aliphatic carbocycles. The van der Waals surface area contributed by atoms with Gasteiger partial charge in [-0.1, -0.05) is 28.1 Å². The summed E-state index contributed by atoms with van der Waals surface area (Å²) in [6, 6.07) is 14.4. The van der Waals surface area contributed by atoms with E-state index < -0.39 is 0 Å². The molecule has 1 fully saturated rings. The van der Waals surface area contributed by atoms with Gasteiger partial charge < -0.3 is 10.2 Å². The molecule has 2 aromatic rings. The lowest BCUT2D eigenvalue weighted by Crippen LogP contribution is -2.47. The summed E-state index contributed by atoms with van der Waals surface area (Å²) in [5, 5.41) is 2.90. The molecule has 4 nitrogen and oxygen atoms in total. The van der Waals surface area contributed by atoms with E-state index in [-0.39, 0.29) is 11.7 Å². The van der Waals surface area contributed by atoms with Gasteiger partial charge in [0.25, 0.3) is 0 Å². The Labute approximate surface area is 155 Å². The van der Waals surface area contributed by atoms with Gasteiger partial charge in [-0.3, -0.25) is 9.69 Å². The van der Waals surface area contributed by atoms with E-state index in [1.807, 2.05) is 36.4 Å². The summed E-state index contributed by atoms with van der Waals surface area (Å²) >= 11 is 3.37. The molecule has 6 heteroatoms. The number of nitrogens with zero attached hydrogens (tertiary/aromatic N) is 2. The normalized spacial score (nSPS) is 15.2. The second-order valence-electron chi connectivity index (χ2n) is 6.09. The molecule has 1 aliphatic heterocycles. The number of amides is 1. The Morgan fingerprint density at radius 3 is 2.40 bits per heavy atom. The van der Waals surface area contributed by atoms with Crippen molar-refractivity contribution in [3.63, 3.8) is 0 Å². The van der Waals surface area contributed by atoms with Crippen LogP contribution in [0, 0.1) is 5.82 Å². The minimum atomic E-state index is -0.176. The highest BCUT2D eigenvalue weighted by Gasteiger charge is 2.19. The van der Waals surface area contributed by atoms with Crippen LogP contribution < -0.4 is 10.2 Å². The topological polar surface area (TPSA) is 35.6 Å². The highest BCUT2D eigenvalue weighted by molar-refractivity contribution is 9.10. The van der Waals surface area contributed by atoms with E-state index in [0.29, 0.717) is 18.7 Å². The minimum absolute atomic E-state index is 0.0128. The van der Waals surface area contributed by atoms with Crippen LogP contribution in [0.3, 0.4) is 0 Å². The van der Waals surface area contributed by atoms with E-state index in [2.05, 4.69) is 31.0 Å². The molecule has 2 aromatic carbocycles. The van der Waals surface area contributed by atoms with Crippen LogP contribution in [0.25, 0.3) is 0 Å². The summed E-state index contributed by atoms with van der Waals surface area (Å²) in [4.78, 5) is 16.4. The Morgan fingerprint density at radius 1 is 1.04 bits per heavy atom. The van der Waals surface area contributed by atoms with Gasteiger partial charge in [0, 0.05) is 49.3 Å². The molecule has 1 N–H and O–H groups in total. The SMILES string of the molecule is O=C(CCN1CCN(c2ccccc2F)CC1)Nc1ccc(Br)cc1. The monoisotopic (exact) mass is 405 g/mol. The molecule has 0 atom stereocenters. The van der Waals surface area contributed by atoms with Crippen LogP contribution in [0.4, 0.5) is 15.8 Å². The maximum atomic E-state index is 13.8. The first kappa shape index (κ1) is 17.9. The summed E-state index contributed by atoms with van der Waals surface area (Å²) in [6.07, 6.45) is 0.454. The number of hydrogen-bond acceptors (Lipinski definition) is 3. The third kappa shape index (κ3) is 5.03. The summed E-state index contributed by atoms with van der Waals surface area (Å²) in [6.45, 7) is 3.93. The predicted octanol–water partition coefficient (Wildman–Crippen LogP) is 3.74. The van der Waals surface area contributed by atoms with Gasteiger partial charge >= 0.3 is 0 Å². The molecular formula is C19H21BrFN3O. The van der Waals surface area contributed by atoms with Gasteiger partial charge in [0.15, 0.2) is 0 Å². The molecule has 0 radical (unpaired) electrons. The summed E-state index contributed by atoms with van der Waals surface area (Å²) in [7, 11) is 0. The molecular weight excluding hydrogens is 385 g/mol. The van der Waals surface area contributed by atoms with Crippen molar-refractivity contribution >= 4 is 33.2 Å². The van der Waals surface area contributed by atoms with Crippen LogP contribution in [0.5, 0.6) is 0 Å². The number of anilines is 2. The van der Waals surface area contributed by atoms with Gasteiger partial charge in [0.05, 0.1) is 5.69 Å². The molecule has 1 heterocycles. The third-order valence-electron chi connectivity index (χ3n) is 4.35. The zero-order valence-corrected chi connectivity index (χ0v) is 15.5. The van der Waals surface area contributed by atoms with Gasteiger partial charge in [0.1, 0.15) is 5.82 Å². The summed E-state index contributed by atoms with van der Waals surface area (Å²) in [5.74, 6) is -0.163. The summed E-state index contributed by atoms with van der Waals surface area (Å²) < 4.78 is 14.8. The zero-order chi connectivity index (χ0) is 17.6. The Kier molecular flexibility index (Phi) is 6.04. The molecule has 0 saturated carbocycles. The predicted molar refractivity (Wildman–Crippen MR) is 102 cm³/mol. The first-order chi connectivity index (χ1) is 12.1. The van der Waals surface area contributed by atoms with E-state index in [9.17, 15) is 9.18 Å². The van der Waals surface area contributed by atoms with E-state index in [1.54, 1.807) is 6.07 Å². The van der Waals surface area contributed by atoms with E-state index in [0.717, 1.165) is 36.3 Å². The molecule has 1 saturated heterocycles. The van der Waals surface area contributed by atoms with E-state index in [4.69, 9.17) is 0 Å². The van der Waals surface area contributed by atoms with Gasteiger partial charge in [-0.05, 0) is 36.4 Å².